The average Bonchev–Trinajstić information content (AvgIpc) is 3.05. The Hall–Kier alpha value is -3.31. The Kier molecular flexibility index (Phi) is 5.00. The van der Waals surface area contributed by atoms with Gasteiger partial charge in [-0.25, -0.2) is 4.79 Å². The van der Waals surface area contributed by atoms with Gasteiger partial charge >= 0.3 is 6.09 Å². The lowest BCUT2D eigenvalue weighted by molar-refractivity contribution is 0.128. The summed E-state index contributed by atoms with van der Waals surface area (Å²) in [4.78, 5) is 12.1. The molecule has 0 unspecified atom stereocenters. The molecule has 0 radical (unpaired) electrons. The number of rotatable bonds is 5. The molecule has 1 aliphatic carbocycles. The van der Waals surface area contributed by atoms with Crippen molar-refractivity contribution in [1.82, 2.24) is 5.32 Å². The Morgan fingerprint density at radius 1 is 0.929 bits per heavy atom. The second-order valence-corrected chi connectivity index (χ2v) is 6.81. The SMILES string of the molecule is O=C(NC[C@@H](O)c1ccc(O)cc1)OCC1c2ccccc2-c2ccccc21. The Labute approximate surface area is 163 Å². The molecular formula is C23H21NO4. The smallest absolute Gasteiger partial charge is 0.407 e. The standard InChI is InChI=1S/C23H21NO4/c25-16-11-9-15(10-12-16)22(26)13-24-23(27)28-14-21-19-7-3-1-5-17(19)18-6-2-4-8-20(18)21/h1-12,21-22,25-26H,13-14H2,(H,24,27)/t22-/m1/s1. The van der Waals surface area contributed by atoms with Gasteiger partial charge in [-0.3, -0.25) is 0 Å². The number of alkyl carbamates (subject to hydrolysis) is 1. The molecule has 0 fully saturated rings. The monoisotopic (exact) mass is 375 g/mol. The summed E-state index contributed by atoms with van der Waals surface area (Å²) >= 11 is 0. The summed E-state index contributed by atoms with van der Waals surface area (Å²) in [6, 6.07) is 22.5. The van der Waals surface area contributed by atoms with Gasteiger partial charge in [0.1, 0.15) is 12.4 Å². The molecule has 4 rings (SSSR count). The van der Waals surface area contributed by atoms with Crippen LogP contribution in [-0.2, 0) is 4.74 Å². The van der Waals surface area contributed by atoms with E-state index >= 15 is 0 Å². The van der Waals surface area contributed by atoms with E-state index in [1.165, 1.54) is 23.3 Å². The van der Waals surface area contributed by atoms with E-state index in [9.17, 15) is 15.0 Å². The van der Waals surface area contributed by atoms with Gasteiger partial charge in [0.25, 0.3) is 0 Å². The quantitative estimate of drug-likeness (QED) is 0.631. The highest BCUT2D eigenvalue weighted by Gasteiger charge is 2.29. The minimum absolute atomic E-state index is 0.000159. The highest BCUT2D eigenvalue weighted by molar-refractivity contribution is 5.79. The van der Waals surface area contributed by atoms with Crippen LogP contribution < -0.4 is 5.32 Å². The number of phenolic OH excluding ortho intramolecular Hbond substituents is 1. The minimum Gasteiger partial charge on any atom is -0.508 e. The first-order valence-corrected chi connectivity index (χ1v) is 9.19. The van der Waals surface area contributed by atoms with Crippen molar-refractivity contribution in [1.29, 1.82) is 0 Å². The summed E-state index contributed by atoms with van der Waals surface area (Å²) in [5, 5.41) is 22.0. The largest absolute Gasteiger partial charge is 0.508 e. The van der Waals surface area contributed by atoms with Crippen LogP contribution in [-0.4, -0.2) is 29.5 Å². The number of amides is 1. The molecule has 142 valence electrons. The van der Waals surface area contributed by atoms with Crippen LogP contribution in [0.1, 0.15) is 28.7 Å². The van der Waals surface area contributed by atoms with Crippen molar-refractivity contribution in [2.45, 2.75) is 12.0 Å². The first-order valence-electron chi connectivity index (χ1n) is 9.19. The van der Waals surface area contributed by atoms with Gasteiger partial charge < -0.3 is 20.3 Å². The van der Waals surface area contributed by atoms with Gasteiger partial charge in [0.2, 0.25) is 0 Å². The third-order valence-corrected chi connectivity index (χ3v) is 5.06. The molecule has 1 amide bonds. The average molecular weight is 375 g/mol. The molecule has 3 aromatic carbocycles. The van der Waals surface area contributed by atoms with Crippen LogP contribution in [0.5, 0.6) is 5.75 Å². The van der Waals surface area contributed by atoms with Crippen LogP contribution in [0, 0.1) is 0 Å². The van der Waals surface area contributed by atoms with Crippen LogP contribution in [0.25, 0.3) is 11.1 Å². The number of fused-ring (bicyclic) bond motifs is 3. The lowest BCUT2D eigenvalue weighted by atomic mass is 9.98. The molecule has 28 heavy (non-hydrogen) atoms. The maximum absolute atomic E-state index is 12.1. The predicted octanol–water partition coefficient (Wildman–Crippen LogP) is 3.96. The van der Waals surface area contributed by atoms with Crippen LogP contribution in [0.15, 0.2) is 72.8 Å². The van der Waals surface area contributed by atoms with E-state index in [2.05, 4.69) is 29.6 Å². The number of aromatic hydroxyl groups is 1. The highest BCUT2D eigenvalue weighted by atomic mass is 16.5. The number of nitrogens with one attached hydrogen (secondary N) is 1. The second-order valence-electron chi connectivity index (χ2n) is 6.81. The maximum atomic E-state index is 12.1. The zero-order chi connectivity index (χ0) is 19.5. The summed E-state index contributed by atoms with van der Waals surface area (Å²) < 4.78 is 5.44. The van der Waals surface area contributed by atoms with E-state index in [4.69, 9.17) is 4.74 Å². The Morgan fingerprint density at radius 3 is 2.11 bits per heavy atom. The first-order chi connectivity index (χ1) is 13.6. The van der Waals surface area contributed by atoms with E-state index in [0.29, 0.717) is 5.56 Å². The zero-order valence-corrected chi connectivity index (χ0v) is 15.2. The molecular weight excluding hydrogens is 354 g/mol. The zero-order valence-electron chi connectivity index (χ0n) is 15.2. The second kappa shape index (κ2) is 7.74. The molecule has 0 saturated heterocycles. The topological polar surface area (TPSA) is 78.8 Å². The van der Waals surface area contributed by atoms with Crippen LogP contribution in [0.4, 0.5) is 4.79 Å². The molecule has 0 bridgehead atoms. The molecule has 1 aliphatic rings. The molecule has 0 spiro atoms. The minimum atomic E-state index is -0.874. The van der Waals surface area contributed by atoms with Crippen molar-refractivity contribution >= 4 is 6.09 Å². The maximum Gasteiger partial charge on any atom is 0.407 e. The van der Waals surface area contributed by atoms with Crippen molar-refractivity contribution in [3.05, 3.63) is 89.5 Å². The lowest BCUT2D eigenvalue weighted by Crippen LogP contribution is -2.30. The number of aliphatic hydroxyl groups excluding tert-OH is 1. The third kappa shape index (κ3) is 3.57. The summed E-state index contributed by atoms with van der Waals surface area (Å²) in [5.74, 6) is 0.126. The van der Waals surface area contributed by atoms with Gasteiger partial charge in [0, 0.05) is 5.92 Å². The number of ether oxygens (including phenoxy) is 1. The van der Waals surface area contributed by atoms with Crippen molar-refractivity contribution in [2.24, 2.45) is 0 Å². The van der Waals surface area contributed by atoms with Gasteiger partial charge in [0.15, 0.2) is 0 Å². The number of carbonyl (C=O) groups is 1. The number of hydrogen-bond acceptors (Lipinski definition) is 4. The normalized spacial score (nSPS) is 13.5. The molecule has 1 atom stereocenters. The van der Waals surface area contributed by atoms with Crippen LogP contribution in [0.3, 0.4) is 0 Å². The van der Waals surface area contributed by atoms with Crippen molar-refractivity contribution < 1.29 is 19.7 Å². The van der Waals surface area contributed by atoms with E-state index in [1.54, 1.807) is 12.1 Å². The number of hydrogen-bond donors (Lipinski definition) is 3. The first kappa shape index (κ1) is 18.1. The Balaban J connectivity index is 1.37. The van der Waals surface area contributed by atoms with Crippen LogP contribution in [0.2, 0.25) is 0 Å². The summed E-state index contributed by atoms with van der Waals surface area (Å²) in [7, 11) is 0. The number of carbonyl (C=O) groups excluding carboxylic acids is 1. The number of aliphatic hydroxyl groups is 1. The lowest BCUT2D eigenvalue weighted by Gasteiger charge is -2.16. The van der Waals surface area contributed by atoms with E-state index in [0.717, 1.165) is 11.1 Å². The Bertz CT molecular complexity index is 938. The van der Waals surface area contributed by atoms with E-state index in [1.807, 2.05) is 24.3 Å². The Morgan fingerprint density at radius 2 is 1.50 bits per heavy atom. The van der Waals surface area contributed by atoms with Crippen molar-refractivity contribution in [2.75, 3.05) is 13.2 Å². The third-order valence-electron chi connectivity index (χ3n) is 5.06. The highest BCUT2D eigenvalue weighted by Crippen LogP contribution is 2.44. The fraction of sp³-hybridized carbons (Fsp3) is 0.174. The molecule has 0 heterocycles. The molecule has 3 aromatic rings. The molecule has 5 heteroatoms. The predicted molar refractivity (Wildman–Crippen MR) is 106 cm³/mol. The van der Waals surface area contributed by atoms with Gasteiger partial charge in [0.05, 0.1) is 12.6 Å². The summed E-state index contributed by atoms with van der Waals surface area (Å²) in [6.07, 6.45) is -1.44. The molecule has 0 aromatic heterocycles. The molecule has 5 nitrogen and oxygen atoms in total. The van der Waals surface area contributed by atoms with Crippen molar-refractivity contribution in [3.8, 4) is 16.9 Å². The number of benzene rings is 3. The van der Waals surface area contributed by atoms with Gasteiger partial charge in [-0.05, 0) is 39.9 Å². The van der Waals surface area contributed by atoms with Gasteiger partial charge in [-0.1, -0.05) is 60.7 Å². The summed E-state index contributed by atoms with van der Waals surface area (Å²) in [5.41, 5.74) is 5.27. The fourth-order valence-corrected chi connectivity index (χ4v) is 3.64. The molecule has 3 N–H and O–H groups in total. The van der Waals surface area contributed by atoms with Crippen LogP contribution >= 0.6 is 0 Å². The van der Waals surface area contributed by atoms with Gasteiger partial charge in [-0.15, -0.1) is 0 Å². The fourth-order valence-electron chi connectivity index (χ4n) is 3.64. The van der Waals surface area contributed by atoms with E-state index in [-0.39, 0.29) is 24.8 Å². The van der Waals surface area contributed by atoms with Gasteiger partial charge in [-0.2, -0.15) is 0 Å². The number of phenols is 1. The van der Waals surface area contributed by atoms with E-state index < -0.39 is 12.2 Å². The summed E-state index contributed by atoms with van der Waals surface area (Å²) in [6.45, 7) is 0.261. The molecule has 0 saturated carbocycles. The molecule has 0 aliphatic heterocycles. The van der Waals surface area contributed by atoms with Crippen molar-refractivity contribution in [3.63, 3.8) is 0 Å².